The molecule has 4 nitrogen and oxygen atoms in total. The molecule has 3 rings (SSSR count). The number of hydrogen-bond donors (Lipinski definition) is 1. The Kier molecular flexibility index (Phi) is 4.91. The molecule has 5 heteroatoms. The lowest BCUT2D eigenvalue weighted by Gasteiger charge is -1.97. The van der Waals surface area contributed by atoms with E-state index in [1.54, 1.807) is 12.3 Å². The molecule has 0 unspecified atom stereocenters. The molecule has 1 amide bonds. The molecular formula is C18H15N3OS. The van der Waals surface area contributed by atoms with Gasteiger partial charge in [0.05, 0.1) is 16.8 Å². The van der Waals surface area contributed by atoms with E-state index in [0.717, 1.165) is 21.3 Å². The van der Waals surface area contributed by atoms with Crippen molar-refractivity contribution in [3.05, 3.63) is 71.9 Å². The monoisotopic (exact) mass is 321 g/mol. The number of hydrazone groups is 1. The zero-order chi connectivity index (χ0) is 15.9. The number of benzene rings is 2. The summed E-state index contributed by atoms with van der Waals surface area (Å²) in [6.45, 7) is 0. The number of amides is 1. The van der Waals surface area contributed by atoms with Crippen molar-refractivity contribution in [2.75, 3.05) is 0 Å². The molecule has 0 saturated carbocycles. The molecule has 0 spiro atoms. The highest BCUT2D eigenvalue weighted by Crippen LogP contribution is 2.22. The zero-order valence-corrected chi connectivity index (χ0v) is 13.2. The van der Waals surface area contributed by atoms with Crippen LogP contribution in [0.25, 0.3) is 16.2 Å². The molecule has 0 fully saturated rings. The van der Waals surface area contributed by atoms with E-state index in [9.17, 15) is 4.79 Å². The molecule has 0 radical (unpaired) electrons. The Labute approximate surface area is 138 Å². The minimum atomic E-state index is -0.176. The largest absolute Gasteiger partial charge is 0.273 e. The number of hydrogen-bond acceptors (Lipinski definition) is 4. The Morgan fingerprint density at radius 1 is 1.13 bits per heavy atom. The first-order valence-electron chi connectivity index (χ1n) is 7.20. The highest BCUT2D eigenvalue weighted by Gasteiger charge is 2.09. The van der Waals surface area contributed by atoms with Gasteiger partial charge in [0.15, 0.2) is 0 Å². The van der Waals surface area contributed by atoms with Crippen LogP contribution in [-0.4, -0.2) is 16.5 Å². The molecule has 0 aliphatic carbocycles. The smallest absolute Gasteiger partial charge is 0.246 e. The molecule has 0 aliphatic heterocycles. The summed E-state index contributed by atoms with van der Waals surface area (Å²) in [6, 6.07) is 17.8. The van der Waals surface area contributed by atoms with Crippen LogP contribution in [0.5, 0.6) is 0 Å². The minimum Gasteiger partial charge on any atom is -0.273 e. The molecule has 1 aromatic heterocycles. The second kappa shape index (κ2) is 7.47. The summed E-state index contributed by atoms with van der Waals surface area (Å²) in [6.07, 6.45) is 5.49. The summed E-state index contributed by atoms with van der Waals surface area (Å²) in [5, 5.41) is 4.94. The number of nitrogens with one attached hydrogen (secondary N) is 1. The highest BCUT2D eigenvalue weighted by atomic mass is 32.1. The summed E-state index contributed by atoms with van der Waals surface area (Å²) in [5.41, 5.74) is 4.39. The van der Waals surface area contributed by atoms with Crippen molar-refractivity contribution in [1.82, 2.24) is 9.80 Å². The first-order chi connectivity index (χ1) is 11.3. The molecule has 0 bridgehead atoms. The van der Waals surface area contributed by atoms with Crippen LogP contribution in [0.2, 0.25) is 0 Å². The van der Waals surface area contributed by atoms with E-state index in [0.29, 0.717) is 0 Å². The van der Waals surface area contributed by atoms with Gasteiger partial charge in [-0.2, -0.15) is 9.47 Å². The maximum absolute atomic E-state index is 11.9. The van der Waals surface area contributed by atoms with E-state index in [1.165, 1.54) is 11.5 Å². The molecule has 114 valence electrons. The Morgan fingerprint density at radius 2 is 1.91 bits per heavy atom. The second-order valence-corrected chi connectivity index (χ2v) is 5.69. The fraction of sp³-hybridized carbons (Fsp3) is 0.0556. The summed E-state index contributed by atoms with van der Waals surface area (Å²) in [4.78, 5) is 11.9. The van der Waals surface area contributed by atoms with Crippen LogP contribution in [0.15, 0.2) is 65.8 Å². The van der Waals surface area contributed by atoms with Crippen LogP contribution >= 0.6 is 11.5 Å². The summed E-state index contributed by atoms with van der Waals surface area (Å²) >= 11 is 1.41. The molecule has 1 heterocycles. The fourth-order valence-electron chi connectivity index (χ4n) is 2.13. The van der Waals surface area contributed by atoms with Crippen molar-refractivity contribution in [3.63, 3.8) is 0 Å². The van der Waals surface area contributed by atoms with Gasteiger partial charge in [-0.15, -0.1) is 0 Å². The van der Waals surface area contributed by atoms with Crippen LogP contribution in [0.1, 0.15) is 11.3 Å². The van der Waals surface area contributed by atoms with E-state index < -0.39 is 0 Å². The van der Waals surface area contributed by atoms with Crippen molar-refractivity contribution in [1.29, 1.82) is 0 Å². The molecule has 0 aliphatic rings. The normalized spacial score (nSPS) is 11.5. The van der Waals surface area contributed by atoms with E-state index in [1.807, 2.05) is 60.7 Å². The van der Waals surface area contributed by atoms with Crippen LogP contribution < -0.4 is 5.43 Å². The number of allylic oxidation sites excluding steroid dienone is 1. The molecule has 1 N–H and O–H groups in total. The number of rotatable bonds is 5. The number of carbonyl (C=O) groups excluding carboxylic acids is 1. The van der Waals surface area contributed by atoms with Crippen molar-refractivity contribution >= 4 is 39.8 Å². The molecule has 0 atom stereocenters. The molecule has 2 aromatic carbocycles. The summed E-state index contributed by atoms with van der Waals surface area (Å²) < 4.78 is 5.42. The highest BCUT2D eigenvalue weighted by molar-refractivity contribution is 7.13. The second-order valence-electron chi connectivity index (χ2n) is 4.89. The summed E-state index contributed by atoms with van der Waals surface area (Å²) in [5.74, 6) is -0.176. The lowest BCUT2D eigenvalue weighted by atomic mass is 10.2. The predicted molar refractivity (Wildman–Crippen MR) is 95.4 cm³/mol. The quantitative estimate of drug-likeness (QED) is 0.576. The van der Waals surface area contributed by atoms with E-state index in [-0.39, 0.29) is 12.3 Å². The first-order valence-corrected chi connectivity index (χ1v) is 7.97. The van der Waals surface area contributed by atoms with E-state index in [4.69, 9.17) is 0 Å². The van der Waals surface area contributed by atoms with Gasteiger partial charge in [0.2, 0.25) is 5.91 Å². The number of fused-ring (bicyclic) bond motifs is 1. The Morgan fingerprint density at radius 3 is 2.78 bits per heavy atom. The molecule has 23 heavy (non-hydrogen) atoms. The van der Waals surface area contributed by atoms with Crippen molar-refractivity contribution < 1.29 is 4.79 Å². The lowest BCUT2D eigenvalue weighted by Crippen LogP contribution is -2.19. The average Bonchev–Trinajstić information content (AvgIpc) is 2.99. The number of carbonyl (C=O) groups is 1. The number of aromatic nitrogens is 1. The van der Waals surface area contributed by atoms with E-state index >= 15 is 0 Å². The van der Waals surface area contributed by atoms with Gasteiger partial charge in [-0.1, -0.05) is 54.6 Å². The maximum Gasteiger partial charge on any atom is 0.246 e. The third-order valence-electron chi connectivity index (χ3n) is 3.22. The average molecular weight is 321 g/mol. The Hall–Kier alpha value is -2.79. The van der Waals surface area contributed by atoms with Crippen LogP contribution in [-0.2, 0) is 11.2 Å². The maximum atomic E-state index is 11.9. The van der Waals surface area contributed by atoms with Crippen LogP contribution in [0, 0.1) is 0 Å². The van der Waals surface area contributed by atoms with Gasteiger partial charge in [0.25, 0.3) is 0 Å². The topological polar surface area (TPSA) is 54.4 Å². The third-order valence-corrected chi connectivity index (χ3v) is 4.08. The molecule has 3 aromatic rings. The Balaban J connectivity index is 1.53. The summed E-state index contributed by atoms with van der Waals surface area (Å²) in [7, 11) is 0. The number of nitrogens with zero attached hydrogens (tertiary/aromatic N) is 2. The first kappa shape index (κ1) is 15.1. The standard InChI is InChI=1S/C18H15N3OS/c22-18(13-16-15-10-4-5-11-17(15)23-21-16)20-19-12-6-9-14-7-2-1-3-8-14/h1-12H,13H2,(H,20,22)/b9-6+,19-12+. The van der Waals surface area contributed by atoms with Gasteiger partial charge < -0.3 is 0 Å². The van der Waals surface area contributed by atoms with Gasteiger partial charge in [0.1, 0.15) is 0 Å². The Bertz CT molecular complexity index is 853. The lowest BCUT2D eigenvalue weighted by molar-refractivity contribution is -0.120. The van der Waals surface area contributed by atoms with Gasteiger partial charge in [-0.05, 0) is 29.2 Å². The van der Waals surface area contributed by atoms with Gasteiger partial charge in [-0.25, -0.2) is 5.43 Å². The fourth-order valence-corrected chi connectivity index (χ4v) is 2.92. The molecule has 0 saturated heterocycles. The third kappa shape index (κ3) is 4.11. The molecular weight excluding hydrogens is 306 g/mol. The van der Waals surface area contributed by atoms with Gasteiger partial charge in [0, 0.05) is 11.6 Å². The zero-order valence-electron chi connectivity index (χ0n) is 12.3. The van der Waals surface area contributed by atoms with Gasteiger partial charge >= 0.3 is 0 Å². The van der Waals surface area contributed by atoms with Crippen molar-refractivity contribution in [3.8, 4) is 0 Å². The van der Waals surface area contributed by atoms with Crippen molar-refractivity contribution in [2.45, 2.75) is 6.42 Å². The van der Waals surface area contributed by atoms with Gasteiger partial charge in [-0.3, -0.25) is 4.79 Å². The minimum absolute atomic E-state index is 0.176. The van der Waals surface area contributed by atoms with Crippen LogP contribution in [0.3, 0.4) is 0 Å². The predicted octanol–water partition coefficient (Wildman–Crippen LogP) is 3.65. The SMILES string of the molecule is O=C(Cc1nsc2ccccc12)N/N=C/C=C/c1ccccc1. The van der Waals surface area contributed by atoms with E-state index in [2.05, 4.69) is 14.9 Å². The van der Waals surface area contributed by atoms with Crippen molar-refractivity contribution in [2.24, 2.45) is 5.10 Å². The van der Waals surface area contributed by atoms with Crippen LogP contribution in [0.4, 0.5) is 0 Å².